The van der Waals surface area contributed by atoms with Gasteiger partial charge in [0.05, 0.1) is 7.11 Å². The SMILES string of the molecule is COC(=O)C1=C(C)C(CC=C(C)C)O1. The molecule has 1 aliphatic rings. The number of hydrogen-bond acceptors (Lipinski definition) is 3. The van der Waals surface area contributed by atoms with Gasteiger partial charge < -0.3 is 9.47 Å². The summed E-state index contributed by atoms with van der Waals surface area (Å²) in [6.07, 6.45) is 2.98. The van der Waals surface area contributed by atoms with Gasteiger partial charge in [-0.25, -0.2) is 4.79 Å². The summed E-state index contributed by atoms with van der Waals surface area (Å²) in [7, 11) is 1.36. The summed E-state index contributed by atoms with van der Waals surface area (Å²) in [5.41, 5.74) is 2.24. The molecule has 0 aromatic carbocycles. The number of rotatable bonds is 3. The molecule has 1 aliphatic heterocycles. The second kappa shape index (κ2) is 4.31. The summed E-state index contributed by atoms with van der Waals surface area (Å²) in [5.74, 6) is -0.00407. The normalized spacial score (nSPS) is 19.6. The maximum atomic E-state index is 11.1. The molecular formula is C11H16O3. The Morgan fingerprint density at radius 1 is 1.57 bits per heavy atom. The Kier molecular flexibility index (Phi) is 3.33. The highest BCUT2D eigenvalue weighted by Crippen LogP contribution is 2.29. The average molecular weight is 196 g/mol. The van der Waals surface area contributed by atoms with Crippen LogP contribution in [-0.4, -0.2) is 19.2 Å². The van der Waals surface area contributed by atoms with E-state index >= 15 is 0 Å². The Bertz CT molecular complexity index is 296. The van der Waals surface area contributed by atoms with E-state index in [0.717, 1.165) is 12.0 Å². The molecule has 0 aromatic heterocycles. The number of esters is 1. The lowest BCUT2D eigenvalue weighted by atomic mass is 10.0. The molecule has 14 heavy (non-hydrogen) atoms. The summed E-state index contributed by atoms with van der Waals surface area (Å²) < 4.78 is 9.88. The van der Waals surface area contributed by atoms with Gasteiger partial charge in [0.25, 0.3) is 0 Å². The fourth-order valence-electron chi connectivity index (χ4n) is 1.28. The van der Waals surface area contributed by atoms with Crippen molar-refractivity contribution in [2.45, 2.75) is 33.3 Å². The molecule has 1 heterocycles. The zero-order chi connectivity index (χ0) is 10.7. The summed E-state index contributed by atoms with van der Waals surface area (Å²) in [6.45, 7) is 5.98. The molecule has 0 N–H and O–H groups in total. The van der Waals surface area contributed by atoms with E-state index < -0.39 is 0 Å². The molecular weight excluding hydrogens is 180 g/mol. The highest BCUT2D eigenvalue weighted by Gasteiger charge is 2.32. The van der Waals surface area contributed by atoms with Gasteiger partial charge in [-0.3, -0.25) is 0 Å². The van der Waals surface area contributed by atoms with Crippen molar-refractivity contribution in [2.75, 3.05) is 7.11 Å². The minimum Gasteiger partial charge on any atom is -0.478 e. The Morgan fingerprint density at radius 3 is 2.64 bits per heavy atom. The van der Waals surface area contributed by atoms with Crippen LogP contribution < -0.4 is 0 Å². The van der Waals surface area contributed by atoms with Crippen LogP contribution >= 0.6 is 0 Å². The maximum Gasteiger partial charge on any atom is 0.373 e. The van der Waals surface area contributed by atoms with Gasteiger partial charge in [-0.05, 0) is 20.8 Å². The molecule has 1 unspecified atom stereocenters. The fourth-order valence-corrected chi connectivity index (χ4v) is 1.28. The lowest BCUT2D eigenvalue weighted by Gasteiger charge is -2.30. The molecule has 0 bridgehead atoms. The highest BCUT2D eigenvalue weighted by molar-refractivity contribution is 5.88. The quantitative estimate of drug-likeness (QED) is 0.512. The van der Waals surface area contributed by atoms with Gasteiger partial charge in [0.1, 0.15) is 6.10 Å². The third-order valence-electron chi connectivity index (χ3n) is 2.21. The van der Waals surface area contributed by atoms with Crippen molar-refractivity contribution >= 4 is 5.97 Å². The molecule has 0 saturated heterocycles. The van der Waals surface area contributed by atoms with Crippen LogP contribution in [0.3, 0.4) is 0 Å². The Morgan fingerprint density at radius 2 is 2.21 bits per heavy atom. The zero-order valence-corrected chi connectivity index (χ0v) is 9.09. The number of ether oxygens (including phenoxy) is 2. The van der Waals surface area contributed by atoms with Gasteiger partial charge in [0.2, 0.25) is 5.76 Å². The van der Waals surface area contributed by atoms with E-state index in [-0.39, 0.29) is 12.1 Å². The second-order valence-corrected chi connectivity index (χ2v) is 3.63. The molecule has 0 aromatic rings. The predicted octanol–water partition coefficient (Wildman–Crippen LogP) is 2.19. The van der Waals surface area contributed by atoms with Gasteiger partial charge in [0.15, 0.2) is 0 Å². The van der Waals surface area contributed by atoms with E-state index in [2.05, 4.69) is 10.8 Å². The van der Waals surface area contributed by atoms with Crippen LogP contribution in [0.25, 0.3) is 0 Å². The Balaban J connectivity index is 2.55. The van der Waals surface area contributed by atoms with Crippen LogP contribution in [0.4, 0.5) is 0 Å². The van der Waals surface area contributed by atoms with E-state index in [0.29, 0.717) is 5.76 Å². The highest BCUT2D eigenvalue weighted by atomic mass is 16.6. The van der Waals surface area contributed by atoms with Gasteiger partial charge in [-0.15, -0.1) is 0 Å². The molecule has 0 saturated carbocycles. The number of carbonyl (C=O) groups is 1. The molecule has 0 fully saturated rings. The first-order valence-corrected chi connectivity index (χ1v) is 4.65. The zero-order valence-electron chi connectivity index (χ0n) is 9.09. The largest absolute Gasteiger partial charge is 0.478 e. The van der Waals surface area contributed by atoms with Crippen LogP contribution in [0.2, 0.25) is 0 Å². The minimum absolute atomic E-state index is 0.0546. The average Bonchev–Trinajstić information content (AvgIpc) is 2.14. The number of carbonyl (C=O) groups excluding carboxylic acids is 1. The number of hydrogen-bond donors (Lipinski definition) is 0. The Hall–Kier alpha value is -1.25. The van der Waals surface area contributed by atoms with Crippen molar-refractivity contribution in [2.24, 2.45) is 0 Å². The van der Waals surface area contributed by atoms with Crippen molar-refractivity contribution in [3.8, 4) is 0 Å². The summed E-state index contributed by atoms with van der Waals surface area (Å²) in [4.78, 5) is 11.1. The standard InChI is InChI=1S/C11H16O3/c1-7(2)5-6-9-8(3)10(14-9)11(12)13-4/h5,9H,6H2,1-4H3. The summed E-state index contributed by atoms with van der Waals surface area (Å²) in [5, 5.41) is 0. The van der Waals surface area contributed by atoms with Gasteiger partial charge in [-0.1, -0.05) is 11.6 Å². The molecule has 0 spiro atoms. The molecule has 3 nitrogen and oxygen atoms in total. The predicted molar refractivity (Wildman–Crippen MR) is 53.6 cm³/mol. The first-order chi connectivity index (χ1) is 6.56. The molecule has 0 amide bonds. The maximum absolute atomic E-state index is 11.1. The van der Waals surface area contributed by atoms with Crippen LogP contribution in [-0.2, 0) is 14.3 Å². The van der Waals surface area contributed by atoms with E-state index in [9.17, 15) is 4.79 Å². The number of methoxy groups -OCH3 is 1. The van der Waals surface area contributed by atoms with Gasteiger partial charge in [0, 0.05) is 12.0 Å². The smallest absolute Gasteiger partial charge is 0.373 e. The topological polar surface area (TPSA) is 35.5 Å². The Labute approximate surface area is 84.4 Å². The monoisotopic (exact) mass is 196 g/mol. The van der Waals surface area contributed by atoms with Crippen molar-refractivity contribution in [3.63, 3.8) is 0 Å². The van der Waals surface area contributed by atoms with E-state index in [1.807, 2.05) is 20.8 Å². The third kappa shape index (κ3) is 2.16. The van der Waals surface area contributed by atoms with Gasteiger partial charge >= 0.3 is 5.97 Å². The molecule has 1 atom stereocenters. The van der Waals surface area contributed by atoms with E-state index in [4.69, 9.17) is 4.74 Å². The van der Waals surface area contributed by atoms with Crippen molar-refractivity contribution < 1.29 is 14.3 Å². The van der Waals surface area contributed by atoms with Crippen molar-refractivity contribution in [1.29, 1.82) is 0 Å². The second-order valence-electron chi connectivity index (χ2n) is 3.63. The third-order valence-corrected chi connectivity index (χ3v) is 2.21. The van der Waals surface area contributed by atoms with Crippen LogP contribution in [0.1, 0.15) is 27.2 Å². The first-order valence-electron chi connectivity index (χ1n) is 4.65. The van der Waals surface area contributed by atoms with Crippen molar-refractivity contribution in [3.05, 3.63) is 23.0 Å². The lowest BCUT2D eigenvalue weighted by Crippen LogP contribution is -2.30. The van der Waals surface area contributed by atoms with E-state index in [1.54, 1.807) is 0 Å². The molecule has 0 radical (unpaired) electrons. The molecule has 78 valence electrons. The lowest BCUT2D eigenvalue weighted by molar-refractivity contribution is -0.143. The van der Waals surface area contributed by atoms with Crippen LogP contribution in [0, 0.1) is 0 Å². The van der Waals surface area contributed by atoms with Crippen molar-refractivity contribution in [1.82, 2.24) is 0 Å². The van der Waals surface area contributed by atoms with Gasteiger partial charge in [-0.2, -0.15) is 0 Å². The van der Waals surface area contributed by atoms with E-state index in [1.165, 1.54) is 12.7 Å². The van der Waals surface area contributed by atoms with Crippen LogP contribution in [0.5, 0.6) is 0 Å². The molecule has 3 heteroatoms. The van der Waals surface area contributed by atoms with Crippen LogP contribution in [0.15, 0.2) is 23.0 Å². The summed E-state index contributed by atoms with van der Waals surface area (Å²) >= 11 is 0. The minimum atomic E-state index is -0.379. The summed E-state index contributed by atoms with van der Waals surface area (Å²) in [6, 6.07) is 0. The first kappa shape index (κ1) is 10.8. The fraction of sp³-hybridized carbons (Fsp3) is 0.545. The molecule has 0 aliphatic carbocycles. The molecule has 1 rings (SSSR count). The number of allylic oxidation sites excluding steroid dienone is 1.